The van der Waals surface area contributed by atoms with Crippen molar-refractivity contribution in [2.24, 2.45) is 0 Å². The fraction of sp³-hybridized carbons (Fsp3) is 0.111. The van der Waals surface area contributed by atoms with Crippen molar-refractivity contribution in [1.82, 2.24) is 9.84 Å². The molecule has 0 aliphatic heterocycles. The Hall–Kier alpha value is -1.38. The summed E-state index contributed by atoms with van der Waals surface area (Å²) in [6.45, 7) is 0. The van der Waals surface area contributed by atoms with Crippen molar-refractivity contribution < 1.29 is 17.9 Å². The summed E-state index contributed by atoms with van der Waals surface area (Å²) in [5.74, 6) is 0. The standard InChI is InChI=1S/C9H9ClN2O4S2/c1-16-9(13)11-12(6-17)18(14,15)8-4-2-7(10)3-5-8/h2-6H,1H3,(H,11,13). The summed E-state index contributed by atoms with van der Waals surface area (Å²) in [7, 11) is -2.87. The van der Waals surface area contributed by atoms with Crippen LogP contribution in [0.1, 0.15) is 0 Å². The Bertz CT molecular complexity index is 544. The normalized spacial score (nSPS) is 10.6. The first-order valence-corrected chi connectivity index (χ1v) is 6.80. The van der Waals surface area contributed by atoms with Crippen LogP contribution in [-0.2, 0) is 14.8 Å². The van der Waals surface area contributed by atoms with Crippen LogP contribution in [0.15, 0.2) is 29.2 Å². The SMILES string of the molecule is COC(=O)NN(C=S)S(=O)(=O)c1ccc(Cl)cc1. The van der Waals surface area contributed by atoms with Gasteiger partial charge in [-0.05, 0) is 24.3 Å². The van der Waals surface area contributed by atoms with Gasteiger partial charge in [0.1, 0.15) is 5.49 Å². The highest BCUT2D eigenvalue weighted by atomic mass is 35.5. The molecule has 0 spiro atoms. The molecular weight excluding hydrogens is 300 g/mol. The number of carbonyl (C=O) groups is 1. The topological polar surface area (TPSA) is 75.7 Å². The lowest BCUT2D eigenvalue weighted by molar-refractivity contribution is 0.160. The number of rotatable bonds is 4. The Balaban J connectivity index is 3.07. The van der Waals surface area contributed by atoms with Gasteiger partial charge in [0.2, 0.25) is 0 Å². The molecule has 0 bridgehead atoms. The average molecular weight is 309 g/mol. The van der Waals surface area contributed by atoms with Crippen LogP contribution in [0.5, 0.6) is 0 Å². The summed E-state index contributed by atoms with van der Waals surface area (Å²) in [4.78, 5) is 10.9. The smallest absolute Gasteiger partial charge is 0.426 e. The number of thiocarbonyl (C=S) groups is 1. The summed E-state index contributed by atoms with van der Waals surface area (Å²) in [5, 5.41) is 0.392. The third-order valence-electron chi connectivity index (χ3n) is 1.85. The van der Waals surface area contributed by atoms with Gasteiger partial charge in [0.25, 0.3) is 10.0 Å². The van der Waals surface area contributed by atoms with Crippen LogP contribution in [0.3, 0.4) is 0 Å². The zero-order chi connectivity index (χ0) is 13.8. The first-order valence-electron chi connectivity index (χ1n) is 4.51. The molecular formula is C9H9ClN2O4S2. The Morgan fingerprint density at radius 1 is 1.44 bits per heavy atom. The van der Waals surface area contributed by atoms with Crippen LogP contribution in [0.2, 0.25) is 5.02 Å². The molecule has 1 rings (SSSR count). The quantitative estimate of drug-likeness (QED) is 0.675. The van der Waals surface area contributed by atoms with Crippen LogP contribution in [0.4, 0.5) is 4.79 Å². The van der Waals surface area contributed by atoms with E-state index >= 15 is 0 Å². The van der Waals surface area contributed by atoms with Crippen molar-refractivity contribution in [1.29, 1.82) is 0 Å². The Morgan fingerprint density at radius 3 is 2.44 bits per heavy atom. The minimum absolute atomic E-state index is 0.0654. The Kier molecular flexibility index (Phi) is 4.88. The zero-order valence-electron chi connectivity index (χ0n) is 9.16. The summed E-state index contributed by atoms with van der Waals surface area (Å²) >= 11 is 10.2. The van der Waals surface area contributed by atoms with E-state index in [0.29, 0.717) is 9.44 Å². The van der Waals surface area contributed by atoms with Crippen molar-refractivity contribution in [3.63, 3.8) is 0 Å². The van der Waals surface area contributed by atoms with Gasteiger partial charge in [-0.3, -0.25) is 0 Å². The van der Waals surface area contributed by atoms with Gasteiger partial charge >= 0.3 is 6.09 Å². The average Bonchev–Trinajstić information content (AvgIpc) is 2.35. The summed E-state index contributed by atoms with van der Waals surface area (Å²) in [6, 6.07) is 5.41. The monoisotopic (exact) mass is 308 g/mol. The van der Waals surface area contributed by atoms with Gasteiger partial charge < -0.3 is 4.74 Å². The number of carbonyl (C=O) groups excluding carboxylic acids is 1. The molecule has 1 aromatic rings. The predicted octanol–water partition coefficient (Wildman–Crippen LogP) is 1.56. The van der Waals surface area contributed by atoms with Crippen molar-refractivity contribution in [2.75, 3.05) is 7.11 Å². The second kappa shape index (κ2) is 5.98. The lowest BCUT2D eigenvalue weighted by Crippen LogP contribution is -2.44. The third kappa shape index (κ3) is 3.31. The first kappa shape index (κ1) is 14.7. The number of nitrogens with one attached hydrogen (secondary N) is 1. The van der Waals surface area contributed by atoms with Gasteiger partial charge in [0.15, 0.2) is 0 Å². The van der Waals surface area contributed by atoms with E-state index < -0.39 is 16.1 Å². The van der Waals surface area contributed by atoms with Crippen molar-refractivity contribution >= 4 is 45.4 Å². The van der Waals surface area contributed by atoms with Gasteiger partial charge in [-0.25, -0.2) is 10.2 Å². The highest BCUT2D eigenvalue weighted by Gasteiger charge is 2.23. The molecule has 0 aliphatic carbocycles. The van der Waals surface area contributed by atoms with E-state index in [4.69, 9.17) is 11.6 Å². The molecule has 0 fully saturated rings. The fourth-order valence-electron chi connectivity index (χ4n) is 0.999. The minimum Gasteiger partial charge on any atom is -0.452 e. The van der Waals surface area contributed by atoms with Gasteiger partial charge in [-0.15, -0.1) is 0 Å². The van der Waals surface area contributed by atoms with Crippen molar-refractivity contribution in [3.05, 3.63) is 29.3 Å². The van der Waals surface area contributed by atoms with Gasteiger partial charge in [-0.2, -0.15) is 12.8 Å². The number of ether oxygens (including phenoxy) is 1. The molecule has 1 aromatic carbocycles. The molecule has 0 aromatic heterocycles. The van der Waals surface area contributed by atoms with Crippen molar-refractivity contribution in [3.8, 4) is 0 Å². The molecule has 18 heavy (non-hydrogen) atoms. The number of hydrogen-bond acceptors (Lipinski definition) is 5. The highest BCUT2D eigenvalue weighted by Crippen LogP contribution is 2.16. The maximum atomic E-state index is 12.0. The molecule has 0 saturated heterocycles. The maximum Gasteiger partial charge on any atom is 0.426 e. The van der Waals surface area contributed by atoms with Gasteiger partial charge in [-0.1, -0.05) is 23.8 Å². The fourth-order valence-corrected chi connectivity index (χ4v) is 2.53. The molecule has 9 heteroatoms. The maximum absolute atomic E-state index is 12.0. The molecule has 0 atom stereocenters. The second-order valence-corrected chi connectivity index (χ2v) is 5.43. The van der Waals surface area contributed by atoms with E-state index in [1.54, 1.807) is 0 Å². The summed E-state index contributed by atoms with van der Waals surface area (Å²) in [5.41, 5.74) is 2.74. The summed E-state index contributed by atoms with van der Waals surface area (Å²) in [6.07, 6.45) is -0.950. The third-order valence-corrected chi connectivity index (χ3v) is 4.03. The number of hydrazine groups is 1. The molecule has 0 aliphatic rings. The molecule has 0 saturated carbocycles. The van der Waals surface area contributed by atoms with Crippen molar-refractivity contribution in [2.45, 2.75) is 4.90 Å². The van der Waals surface area contributed by atoms with Crippen LogP contribution in [-0.4, -0.2) is 31.5 Å². The molecule has 0 unspecified atom stereocenters. The largest absolute Gasteiger partial charge is 0.452 e. The van der Waals surface area contributed by atoms with E-state index in [0.717, 1.165) is 12.6 Å². The second-order valence-electron chi connectivity index (χ2n) is 2.96. The number of benzene rings is 1. The van der Waals surface area contributed by atoms with E-state index in [9.17, 15) is 13.2 Å². The first-order chi connectivity index (χ1) is 8.41. The molecule has 0 radical (unpaired) electrons. The Labute approximate surface area is 115 Å². The molecule has 1 N–H and O–H groups in total. The van der Waals surface area contributed by atoms with Crippen LogP contribution in [0, 0.1) is 0 Å². The van der Waals surface area contributed by atoms with E-state index in [-0.39, 0.29) is 4.90 Å². The number of sulfonamides is 1. The minimum atomic E-state index is -3.97. The molecule has 98 valence electrons. The number of nitrogens with zero attached hydrogens (tertiary/aromatic N) is 1. The number of halogens is 1. The van der Waals surface area contributed by atoms with Gasteiger partial charge in [0, 0.05) is 5.02 Å². The van der Waals surface area contributed by atoms with E-state index in [2.05, 4.69) is 17.0 Å². The molecule has 1 amide bonds. The van der Waals surface area contributed by atoms with E-state index in [1.165, 1.54) is 24.3 Å². The zero-order valence-corrected chi connectivity index (χ0v) is 11.6. The molecule has 6 nitrogen and oxygen atoms in total. The van der Waals surface area contributed by atoms with Crippen LogP contribution in [0.25, 0.3) is 0 Å². The van der Waals surface area contributed by atoms with E-state index in [1.807, 2.05) is 5.43 Å². The van der Waals surface area contributed by atoms with Crippen LogP contribution >= 0.6 is 23.8 Å². The predicted molar refractivity (Wildman–Crippen MR) is 69.7 cm³/mol. The Morgan fingerprint density at radius 2 is 2.00 bits per heavy atom. The van der Waals surface area contributed by atoms with Gasteiger partial charge in [0.05, 0.1) is 12.0 Å². The number of hydrogen-bond donors (Lipinski definition) is 1. The number of methoxy groups -OCH3 is 1. The highest BCUT2D eigenvalue weighted by molar-refractivity contribution is 7.91. The summed E-state index contributed by atoms with van der Waals surface area (Å²) < 4.78 is 28.9. The lowest BCUT2D eigenvalue weighted by Gasteiger charge is -2.18. The lowest BCUT2D eigenvalue weighted by atomic mass is 10.4. The number of amides is 1. The van der Waals surface area contributed by atoms with Crippen LogP contribution < -0.4 is 5.43 Å². The molecule has 0 heterocycles.